The van der Waals surface area contributed by atoms with Gasteiger partial charge in [0.1, 0.15) is 5.75 Å². The highest BCUT2D eigenvalue weighted by Gasteiger charge is 2.29. The molecule has 0 fully saturated rings. The molecular weight excluding hydrogens is 378 g/mol. The van der Waals surface area contributed by atoms with Crippen LogP contribution in [0.15, 0.2) is 42.7 Å². The number of imidazole rings is 1. The lowest BCUT2D eigenvalue weighted by Gasteiger charge is -2.27. The van der Waals surface area contributed by atoms with Crippen LogP contribution in [-0.2, 0) is 27.2 Å². The zero-order chi connectivity index (χ0) is 21.4. The fraction of sp³-hybridized carbons (Fsp3) is 0.300. The summed E-state index contributed by atoms with van der Waals surface area (Å²) in [6.45, 7) is 0. The van der Waals surface area contributed by atoms with E-state index in [4.69, 9.17) is 14.9 Å². The first-order chi connectivity index (χ1) is 13.8. The van der Waals surface area contributed by atoms with Crippen LogP contribution in [0, 0.1) is 5.92 Å². The van der Waals surface area contributed by atoms with Crippen LogP contribution in [0.3, 0.4) is 0 Å². The van der Waals surface area contributed by atoms with E-state index in [1.165, 1.54) is 0 Å². The average molecular weight is 401 g/mol. The van der Waals surface area contributed by atoms with Crippen molar-refractivity contribution in [1.29, 1.82) is 0 Å². The van der Waals surface area contributed by atoms with Crippen LogP contribution in [0.25, 0.3) is 0 Å². The molecule has 29 heavy (non-hydrogen) atoms. The molecule has 2 aromatic rings. The fourth-order valence-electron chi connectivity index (χ4n) is 3.05. The van der Waals surface area contributed by atoms with Crippen molar-refractivity contribution in [2.45, 2.75) is 19.3 Å². The number of aromatic amines is 1. The summed E-state index contributed by atoms with van der Waals surface area (Å²) in [6, 6.07) is 7.59. The third-order valence-electron chi connectivity index (χ3n) is 4.48. The summed E-state index contributed by atoms with van der Waals surface area (Å²) in [7, 11) is 3.43. The molecule has 1 atom stereocenters. The third kappa shape index (κ3) is 5.93. The Bertz CT molecular complexity index is 889. The summed E-state index contributed by atoms with van der Waals surface area (Å²) >= 11 is 0. The molecule has 1 heterocycles. The topological polar surface area (TPSA) is 133 Å². The van der Waals surface area contributed by atoms with E-state index in [9.17, 15) is 14.4 Å². The largest absolute Gasteiger partial charge is 0.495 e. The quantitative estimate of drug-likeness (QED) is 0.652. The van der Waals surface area contributed by atoms with Gasteiger partial charge in [-0.05, 0) is 25.0 Å². The lowest BCUT2D eigenvalue weighted by molar-refractivity contribution is -0.134. The number of rotatable bonds is 5. The highest BCUT2D eigenvalue weighted by atomic mass is 16.5. The lowest BCUT2D eigenvalue weighted by atomic mass is 9.88. The number of carboxylic acid groups (broad SMARTS) is 2. The van der Waals surface area contributed by atoms with Crippen LogP contribution in [-0.4, -0.2) is 52.2 Å². The number of hydrogen-bond acceptors (Lipinski definition) is 5. The van der Waals surface area contributed by atoms with Crippen molar-refractivity contribution in [3.8, 4) is 5.75 Å². The Labute approximate surface area is 167 Å². The van der Waals surface area contributed by atoms with Gasteiger partial charge in [-0.2, -0.15) is 0 Å². The van der Waals surface area contributed by atoms with E-state index in [-0.39, 0.29) is 11.8 Å². The van der Waals surface area contributed by atoms with Crippen molar-refractivity contribution in [2.24, 2.45) is 5.92 Å². The predicted molar refractivity (Wildman–Crippen MR) is 105 cm³/mol. The Kier molecular flexibility index (Phi) is 7.53. The number of aryl methyl sites for hydroxylation is 1. The fourth-order valence-corrected chi connectivity index (χ4v) is 3.05. The third-order valence-corrected chi connectivity index (χ3v) is 4.48. The normalized spacial score (nSPS) is 15.0. The monoisotopic (exact) mass is 401 g/mol. The van der Waals surface area contributed by atoms with Crippen molar-refractivity contribution < 1.29 is 29.3 Å². The van der Waals surface area contributed by atoms with Gasteiger partial charge in [0.2, 0.25) is 5.91 Å². The zero-order valence-electron chi connectivity index (χ0n) is 16.2. The molecule has 3 rings (SSSR count). The SMILES string of the molecule is COc1ccccc1N(C)C(=O)C1CCc2nc[nH]c2C1.O=C(O)C=CC(=O)O. The van der Waals surface area contributed by atoms with Gasteiger partial charge < -0.3 is 24.8 Å². The van der Waals surface area contributed by atoms with Gasteiger partial charge in [-0.1, -0.05) is 12.1 Å². The maximum absolute atomic E-state index is 12.7. The minimum absolute atomic E-state index is 0.00661. The number of H-pyrrole nitrogens is 1. The molecule has 1 unspecified atom stereocenters. The smallest absolute Gasteiger partial charge is 0.328 e. The standard InChI is InChI=1S/C16H19N3O2.C4H4O4/c1-19(14-5-3-4-6-15(14)21-2)16(20)11-7-8-12-13(9-11)18-10-17-12;5-3(6)1-2-4(7)8/h3-6,10-11H,7-9H2,1-2H3,(H,17,18);1-2H,(H,5,6)(H,7,8). The maximum atomic E-state index is 12.7. The lowest BCUT2D eigenvalue weighted by Crippen LogP contribution is -2.36. The van der Waals surface area contributed by atoms with E-state index >= 15 is 0 Å². The number of fused-ring (bicyclic) bond motifs is 1. The Morgan fingerprint density at radius 2 is 1.86 bits per heavy atom. The molecule has 1 aliphatic rings. The Hall–Kier alpha value is -3.62. The van der Waals surface area contributed by atoms with E-state index in [1.807, 2.05) is 31.3 Å². The summed E-state index contributed by atoms with van der Waals surface area (Å²) in [5.74, 6) is -1.68. The molecule has 1 aliphatic carbocycles. The van der Waals surface area contributed by atoms with Gasteiger partial charge in [0.15, 0.2) is 0 Å². The summed E-state index contributed by atoms with van der Waals surface area (Å²) < 4.78 is 5.34. The zero-order valence-corrected chi connectivity index (χ0v) is 16.2. The number of para-hydroxylation sites is 2. The molecule has 0 saturated heterocycles. The van der Waals surface area contributed by atoms with Crippen molar-refractivity contribution in [3.05, 3.63) is 54.1 Å². The number of nitrogens with zero attached hydrogens (tertiary/aromatic N) is 2. The number of carbonyl (C=O) groups excluding carboxylic acids is 1. The van der Waals surface area contributed by atoms with Crippen LogP contribution in [0.2, 0.25) is 0 Å². The van der Waals surface area contributed by atoms with E-state index in [0.717, 1.165) is 36.3 Å². The number of anilines is 1. The van der Waals surface area contributed by atoms with Gasteiger partial charge >= 0.3 is 11.9 Å². The molecule has 0 aliphatic heterocycles. The number of carboxylic acids is 2. The first-order valence-corrected chi connectivity index (χ1v) is 8.89. The number of benzene rings is 1. The van der Waals surface area contributed by atoms with E-state index in [2.05, 4.69) is 9.97 Å². The molecule has 1 aromatic carbocycles. The number of methoxy groups -OCH3 is 1. The van der Waals surface area contributed by atoms with Gasteiger partial charge in [0.25, 0.3) is 0 Å². The van der Waals surface area contributed by atoms with Crippen LogP contribution in [0.5, 0.6) is 5.75 Å². The predicted octanol–water partition coefficient (Wildman–Crippen LogP) is 1.90. The average Bonchev–Trinajstić information content (AvgIpc) is 3.19. The number of hydrogen-bond donors (Lipinski definition) is 3. The van der Waals surface area contributed by atoms with E-state index < -0.39 is 11.9 Å². The van der Waals surface area contributed by atoms with Gasteiger partial charge in [-0.25, -0.2) is 14.6 Å². The Morgan fingerprint density at radius 1 is 1.21 bits per heavy atom. The molecule has 0 bridgehead atoms. The number of aromatic nitrogens is 2. The number of amides is 1. The minimum atomic E-state index is -1.26. The highest BCUT2D eigenvalue weighted by Crippen LogP contribution is 2.30. The molecule has 154 valence electrons. The molecule has 9 heteroatoms. The molecule has 9 nitrogen and oxygen atoms in total. The van der Waals surface area contributed by atoms with Gasteiger partial charge in [-0.3, -0.25) is 4.79 Å². The summed E-state index contributed by atoms with van der Waals surface area (Å²) in [6.07, 6.45) is 5.25. The van der Waals surface area contributed by atoms with Gasteiger partial charge in [0.05, 0.1) is 24.8 Å². The molecule has 1 amide bonds. The summed E-state index contributed by atoms with van der Waals surface area (Å²) in [5, 5.41) is 15.6. The number of aliphatic carboxylic acids is 2. The van der Waals surface area contributed by atoms with Crippen LogP contribution >= 0.6 is 0 Å². The van der Waals surface area contributed by atoms with E-state index in [1.54, 1.807) is 18.3 Å². The number of carbonyl (C=O) groups is 3. The molecule has 0 radical (unpaired) electrons. The molecule has 0 spiro atoms. The minimum Gasteiger partial charge on any atom is -0.495 e. The Morgan fingerprint density at radius 3 is 2.48 bits per heavy atom. The van der Waals surface area contributed by atoms with Gasteiger partial charge in [0, 0.05) is 37.2 Å². The number of ether oxygens (including phenoxy) is 1. The molecule has 0 saturated carbocycles. The van der Waals surface area contributed by atoms with Crippen LogP contribution in [0.1, 0.15) is 17.8 Å². The number of nitrogens with one attached hydrogen (secondary N) is 1. The van der Waals surface area contributed by atoms with Crippen molar-refractivity contribution in [1.82, 2.24) is 9.97 Å². The summed E-state index contributed by atoms with van der Waals surface area (Å²) in [4.78, 5) is 41.0. The first-order valence-electron chi connectivity index (χ1n) is 8.89. The second-order valence-electron chi connectivity index (χ2n) is 6.35. The maximum Gasteiger partial charge on any atom is 0.328 e. The molecule has 3 N–H and O–H groups in total. The molecule has 1 aromatic heterocycles. The highest BCUT2D eigenvalue weighted by molar-refractivity contribution is 5.96. The van der Waals surface area contributed by atoms with Crippen molar-refractivity contribution in [3.63, 3.8) is 0 Å². The first kappa shape index (κ1) is 21.7. The van der Waals surface area contributed by atoms with Crippen molar-refractivity contribution >= 4 is 23.5 Å². The van der Waals surface area contributed by atoms with Gasteiger partial charge in [-0.15, -0.1) is 0 Å². The Balaban J connectivity index is 0.000000321. The second kappa shape index (κ2) is 10.1. The summed E-state index contributed by atoms with van der Waals surface area (Å²) in [5.41, 5.74) is 2.99. The van der Waals surface area contributed by atoms with E-state index in [0.29, 0.717) is 17.9 Å². The van der Waals surface area contributed by atoms with Crippen molar-refractivity contribution in [2.75, 3.05) is 19.1 Å². The van der Waals surface area contributed by atoms with Crippen LogP contribution in [0.4, 0.5) is 5.69 Å². The second-order valence-corrected chi connectivity index (χ2v) is 6.35. The van der Waals surface area contributed by atoms with Crippen LogP contribution < -0.4 is 9.64 Å². The molecular formula is C20H23N3O6.